The van der Waals surface area contributed by atoms with E-state index in [1.54, 1.807) is 11.3 Å². The van der Waals surface area contributed by atoms with Crippen molar-refractivity contribution in [1.82, 2.24) is 9.88 Å². The predicted molar refractivity (Wildman–Crippen MR) is 109 cm³/mol. The lowest BCUT2D eigenvalue weighted by molar-refractivity contribution is 0.0579. The summed E-state index contributed by atoms with van der Waals surface area (Å²) >= 11 is 3.12. The Morgan fingerprint density at radius 2 is 2.12 bits per heavy atom. The Balaban J connectivity index is 0.00000144. The lowest BCUT2D eigenvalue weighted by atomic mass is 9.92. The molecule has 2 N–H and O–H groups in total. The van der Waals surface area contributed by atoms with Gasteiger partial charge < -0.3 is 15.5 Å². The molecular weight excluding hydrogens is 387 g/mol. The molecule has 24 heavy (non-hydrogen) atoms. The van der Waals surface area contributed by atoms with E-state index in [4.69, 9.17) is 5.73 Å². The van der Waals surface area contributed by atoms with E-state index < -0.39 is 0 Å². The van der Waals surface area contributed by atoms with Gasteiger partial charge >= 0.3 is 0 Å². The average molecular weight is 411 g/mol. The van der Waals surface area contributed by atoms with Gasteiger partial charge in [0.2, 0.25) is 0 Å². The van der Waals surface area contributed by atoms with Crippen molar-refractivity contribution < 1.29 is 4.79 Å². The number of piperidine rings is 1. The van der Waals surface area contributed by atoms with Gasteiger partial charge in [-0.15, -0.1) is 36.2 Å². The lowest BCUT2D eigenvalue weighted by Crippen LogP contribution is -2.49. The predicted octanol–water partition coefficient (Wildman–Crippen LogP) is 3.47. The second-order valence-electron chi connectivity index (χ2n) is 6.19. The number of thiazole rings is 1. The molecule has 2 unspecified atom stereocenters. The minimum atomic E-state index is 0. The van der Waals surface area contributed by atoms with Gasteiger partial charge in [-0.3, -0.25) is 4.79 Å². The average Bonchev–Trinajstić information content (AvgIpc) is 3.04. The van der Waals surface area contributed by atoms with Crippen molar-refractivity contribution in [2.24, 2.45) is 11.7 Å². The number of nitrogens with two attached hydrogens (primary N) is 1. The van der Waals surface area contributed by atoms with Crippen LogP contribution >= 0.6 is 47.5 Å². The molecule has 0 aromatic carbocycles. The molecule has 5 nitrogen and oxygen atoms in total. The van der Waals surface area contributed by atoms with Gasteiger partial charge in [0.25, 0.3) is 5.91 Å². The van der Waals surface area contributed by atoms with Crippen molar-refractivity contribution >= 4 is 68.1 Å². The van der Waals surface area contributed by atoms with Crippen LogP contribution in [0.4, 0.5) is 5.13 Å². The SMILES string of the molecule is CC1CCN(C(=O)c2cc3sc(N(C)C)nc3s2)C(CN)C1.Cl.Cl. The summed E-state index contributed by atoms with van der Waals surface area (Å²) in [4.78, 5) is 23.1. The van der Waals surface area contributed by atoms with E-state index in [-0.39, 0.29) is 36.8 Å². The molecule has 3 rings (SSSR count). The van der Waals surface area contributed by atoms with Crippen LogP contribution in [0.5, 0.6) is 0 Å². The number of rotatable bonds is 3. The molecule has 3 heterocycles. The third-order valence-electron chi connectivity index (χ3n) is 4.18. The van der Waals surface area contributed by atoms with Gasteiger partial charge in [0.15, 0.2) is 5.13 Å². The summed E-state index contributed by atoms with van der Waals surface area (Å²) in [6, 6.07) is 2.15. The van der Waals surface area contributed by atoms with Gasteiger partial charge in [0, 0.05) is 33.2 Å². The van der Waals surface area contributed by atoms with Gasteiger partial charge in [-0.25, -0.2) is 4.98 Å². The summed E-state index contributed by atoms with van der Waals surface area (Å²) in [6.45, 7) is 3.58. The molecule has 136 valence electrons. The molecular formula is C15H24Cl2N4OS2. The summed E-state index contributed by atoms with van der Waals surface area (Å²) in [7, 11) is 3.96. The number of amides is 1. The number of thiophene rings is 1. The maximum atomic E-state index is 12.8. The molecule has 1 saturated heterocycles. The lowest BCUT2D eigenvalue weighted by Gasteiger charge is -2.37. The van der Waals surface area contributed by atoms with Crippen molar-refractivity contribution in [3.8, 4) is 0 Å². The number of fused-ring (bicyclic) bond motifs is 1. The Bertz CT molecular complexity index is 657. The molecule has 1 fully saturated rings. The molecule has 9 heteroatoms. The van der Waals surface area contributed by atoms with Gasteiger partial charge in [0.05, 0.1) is 9.58 Å². The van der Waals surface area contributed by atoms with Crippen molar-refractivity contribution in [3.63, 3.8) is 0 Å². The van der Waals surface area contributed by atoms with E-state index in [0.29, 0.717) is 12.5 Å². The van der Waals surface area contributed by atoms with Gasteiger partial charge in [-0.1, -0.05) is 18.3 Å². The zero-order chi connectivity index (χ0) is 15.9. The van der Waals surface area contributed by atoms with Crippen LogP contribution in [-0.2, 0) is 0 Å². The minimum Gasteiger partial charge on any atom is -0.354 e. The van der Waals surface area contributed by atoms with Crippen LogP contribution in [0.25, 0.3) is 9.53 Å². The molecule has 2 atom stereocenters. The van der Waals surface area contributed by atoms with Crippen molar-refractivity contribution in [2.45, 2.75) is 25.8 Å². The Labute approximate surface area is 163 Å². The van der Waals surface area contributed by atoms with E-state index in [1.807, 2.05) is 30.0 Å². The van der Waals surface area contributed by atoms with Gasteiger partial charge in [-0.2, -0.15) is 0 Å². The van der Waals surface area contributed by atoms with E-state index >= 15 is 0 Å². The largest absolute Gasteiger partial charge is 0.354 e. The molecule has 1 aliphatic heterocycles. The first kappa shape index (κ1) is 21.4. The number of carbonyl (C=O) groups is 1. The van der Waals surface area contributed by atoms with Crippen LogP contribution in [0, 0.1) is 5.92 Å². The first-order valence-electron chi connectivity index (χ1n) is 7.58. The summed E-state index contributed by atoms with van der Waals surface area (Å²) < 4.78 is 1.09. The summed E-state index contributed by atoms with van der Waals surface area (Å²) in [5, 5.41) is 0.979. The first-order chi connectivity index (χ1) is 10.5. The number of aromatic nitrogens is 1. The number of hydrogen-bond donors (Lipinski definition) is 1. The summed E-state index contributed by atoms with van der Waals surface area (Å²) in [5.41, 5.74) is 5.87. The van der Waals surface area contributed by atoms with E-state index in [2.05, 4.69) is 11.9 Å². The fourth-order valence-electron chi connectivity index (χ4n) is 2.90. The van der Waals surface area contributed by atoms with Gasteiger partial charge in [0.1, 0.15) is 4.83 Å². The molecule has 0 radical (unpaired) electrons. The molecule has 2 aromatic rings. The molecule has 0 spiro atoms. The maximum absolute atomic E-state index is 12.8. The van der Waals surface area contributed by atoms with E-state index in [1.165, 1.54) is 11.3 Å². The number of carbonyl (C=O) groups excluding carboxylic acids is 1. The van der Waals surface area contributed by atoms with E-state index in [0.717, 1.165) is 38.9 Å². The van der Waals surface area contributed by atoms with Crippen molar-refractivity contribution in [2.75, 3.05) is 32.1 Å². The smallest absolute Gasteiger partial charge is 0.264 e. The van der Waals surface area contributed by atoms with Crippen molar-refractivity contribution in [3.05, 3.63) is 10.9 Å². The molecule has 0 bridgehead atoms. The first-order valence-corrected chi connectivity index (χ1v) is 9.21. The van der Waals surface area contributed by atoms with Crippen molar-refractivity contribution in [1.29, 1.82) is 0 Å². The van der Waals surface area contributed by atoms with Crippen LogP contribution in [0.1, 0.15) is 29.4 Å². The Hall–Kier alpha value is -0.600. The highest BCUT2D eigenvalue weighted by Gasteiger charge is 2.30. The second-order valence-corrected chi connectivity index (χ2v) is 8.23. The normalized spacial score (nSPS) is 20.4. The highest BCUT2D eigenvalue weighted by atomic mass is 35.5. The standard InChI is InChI=1S/C15H22N4OS2.2ClH/c1-9-4-5-19(10(6-9)8-16)14(20)12-7-11-13(21-12)17-15(22-11)18(2)3;;/h7,9-10H,4-6,8,16H2,1-3H3;2*1H. The van der Waals surface area contributed by atoms with Gasteiger partial charge in [-0.05, 0) is 24.8 Å². The molecule has 2 aromatic heterocycles. The van der Waals surface area contributed by atoms with Crippen LogP contribution < -0.4 is 10.6 Å². The Morgan fingerprint density at radius 3 is 2.71 bits per heavy atom. The fraction of sp³-hybridized carbons (Fsp3) is 0.600. The molecule has 1 aliphatic rings. The second kappa shape index (κ2) is 8.67. The molecule has 0 aliphatic carbocycles. The monoisotopic (exact) mass is 410 g/mol. The summed E-state index contributed by atoms with van der Waals surface area (Å²) in [6.07, 6.45) is 2.07. The number of anilines is 1. The quantitative estimate of drug-likeness (QED) is 0.840. The number of halogens is 2. The van der Waals surface area contributed by atoms with Crippen LogP contribution in [0.3, 0.4) is 0 Å². The number of likely N-dealkylation sites (tertiary alicyclic amines) is 1. The summed E-state index contributed by atoms with van der Waals surface area (Å²) in [5.74, 6) is 0.762. The zero-order valence-corrected chi connectivity index (χ0v) is 17.3. The molecule has 1 amide bonds. The third-order valence-corrected chi connectivity index (χ3v) is 6.50. The maximum Gasteiger partial charge on any atom is 0.264 e. The zero-order valence-electron chi connectivity index (χ0n) is 14.0. The van der Waals surface area contributed by atoms with Crippen LogP contribution in [-0.4, -0.2) is 49.0 Å². The third kappa shape index (κ3) is 4.14. The number of hydrogen-bond acceptors (Lipinski definition) is 6. The molecule has 0 saturated carbocycles. The number of nitrogens with zero attached hydrogens (tertiary/aromatic N) is 3. The highest BCUT2D eigenvalue weighted by molar-refractivity contribution is 7.29. The van der Waals surface area contributed by atoms with E-state index in [9.17, 15) is 4.79 Å². The minimum absolute atomic E-state index is 0. The topological polar surface area (TPSA) is 62.5 Å². The van der Waals surface area contributed by atoms with Crippen LogP contribution in [0.2, 0.25) is 0 Å². The highest BCUT2D eigenvalue weighted by Crippen LogP contribution is 2.35. The Morgan fingerprint density at radius 1 is 1.42 bits per heavy atom. The van der Waals surface area contributed by atoms with Crippen LogP contribution in [0.15, 0.2) is 6.07 Å². The Kier molecular flexibility index (Phi) is 7.75. The fourth-order valence-corrected chi connectivity index (χ4v) is 4.99.